The third kappa shape index (κ3) is 5.33. The fourth-order valence-electron chi connectivity index (χ4n) is 1.50. The van der Waals surface area contributed by atoms with E-state index in [2.05, 4.69) is 23.4 Å². The molecule has 2 nitrogen and oxygen atoms in total. The van der Waals surface area contributed by atoms with Gasteiger partial charge in [0.2, 0.25) is 0 Å². The second-order valence-corrected chi connectivity index (χ2v) is 3.69. The lowest BCUT2D eigenvalue weighted by molar-refractivity contribution is -0.118. The lowest BCUT2D eigenvalue weighted by Crippen LogP contribution is -2.23. The van der Waals surface area contributed by atoms with E-state index in [-0.39, 0.29) is 5.78 Å². The van der Waals surface area contributed by atoms with Gasteiger partial charge in [0.1, 0.15) is 5.78 Å². The Hall–Kier alpha value is -1.59. The first-order valence-corrected chi connectivity index (χ1v) is 5.52. The predicted molar refractivity (Wildman–Crippen MR) is 66.1 cm³/mol. The van der Waals surface area contributed by atoms with E-state index in [9.17, 15) is 4.79 Å². The molecule has 0 spiro atoms. The number of benzene rings is 1. The van der Waals surface area contributed by atoms with Crippen LogP contribution in [0.5, 0.6) is 0 Å². The first kappa shape index (κ1) is 12.5. The average molecular weight is 215 g/mol. The van der Waals surface area contributed by atoms with Crippen molar-refractivity contribution in [2.75, 3.05) is 13.1 Å². The highest BCUT2D eigenvalue weighted by atomic mass is 16.1. The molecule has 0 amide bonds. The zero-order valence-corrected chi connectivity index (χ0v) is 9.41. The summed E-state index contributed by atoms with van der Waals surface area (Å²) in [4.78, 5) is 11.4. The van der Waals surface area contributed by atoms with Gasteiger partial charge in [-0.1, -0.05) is 36.3 Å². The lowest BCUT2D eigenvalue weighted by atomic mass is 10.1. The van der Waals surface area contributed by atoms with E-state index in [1.54, 1.807) is 0 Å². The van der Waals surface area contributed by atoms with E-state index >= 15 is 0 Å². The number of carbonyl (C=O) groups is 1. The summed E-state index contributed by atoms with van der Waals surface area (Å²) in [5, 5.41) is 2.90. The summed E-state index contributed by atoms with van der Waals surface area (Å²) >= 11 is 0. The topological polar surface area (TPSA) is 29.1 Å². The molecule has 1 aromatic carbocycles. The van der Waals surface area contributed by atoms with Crippen molar-refractivity contribution >= 4 is 5.78 Å². The molecule has 0 atom stereocenters. The minimum atomic E-state index is 0.228. The molecule has 0 fully saturated rings. The monoisotopic (exact) mass is 215 g/mol. The molecule has 1 aromatic rings. The van der Waals surface area contributed by atoms with Gasteiger partial charge in [-0.2, -0.15) is 0 Å². The molecule has 0 aliphatic heterocycles. The van der Waals surface area contributed by atoms with Crippen molar-refractivity contribution in [3.8, 4) is 12.3 Å². The predicted octanol–water partition coefficient (Wildman–Crippen LogP) is 1.80. The van der Waals surface area contributed by atoms with Crippen LogP contribution in [0.25, 0.3) is 0 Å². The fourth-order valence-corrected chi connectivity index (χ4v) is 1.50. The summed E-state index contributed by atoms with van der Waals surface area (Å²) < 4.78 is 0. The van der Waals surface area contributed by atoms with Crippen molar-refractivity contribution in [2.24, 2.45) is 0 Å². The Morgan fingerprint density at radius 3 is 2.75 bits per heavy atom. The molecule has 2 heteroatoms. The van der Waals surface area contributed by atoms with Gasteiger partial charge in [-0.3, -0.25) is 10.1 Å². The van der Waals surface area contributed by atoms with Crippen LogP contribution in [0.15, 0.2) is 30.3 Å². The Morgan fingerprint density at radius 2 is 2.06 bits per heavy atom. The zero-order chi connectivity index (χ0) is 11.6. The highest BCUT2D eigenvalue weighted by Gasteiger charge is 2.00. The molecule has 0 bridgehead atoms. The molecule has 84 valence electrons. The minimum absolute atomic E-state index is 0.228. The van der Waals surface area contributed by atoms with Gasteiger partial charge < -0.3 is 0 Å². The third-order valence-corrected chi connectivity index (χ3v) is 2.31. The number of ketones is 1. The molecular weight excluding hydrogens is 198 g/mol. The van der Waals surface area contributed by atoms with Crippen molar-refractivity contribution in [3.63, 3.8) is 0 Å². The van der Waals surface area contributed by atoms with Crippen molar-refractivity contribution in [3.05, 3.63) is 35.9 Å². The Bertz CT molecular complexity index is 351. The number of Topliss-reactive ketones (excluding diaryl/α,β-unsaturated/α-hetero) is 1. The molecular formula is C14H17NO. The van der Waals surface area contributed by atoms with Crippen LogP contribution in [0.1, 0.15) is 18.4 Å². The summed E-state index contributed by atoms with van der Waals surface area (Å²) in [6.45, 7) is 0.851. The van der Waals surface area contributed by atoms with Crippen LogP contribution in [0.2, 0.25) is 0 Å². The largest absolute Gasteiger partial charge is 0.299 e. The highest BCUT2D eigenvalue weighted by Crippen LogP contribution is 2.04. The van der Waals surface area contributed by atoms with Crippen molar-refractivity contribution in [1.82, 2.24) is 5.32 Å². The average Bonchev–Trinajstić information content (AvgIpc) is 2.31. The summed E-state index contributed by atoms with van der Waals surface area (Å²) in [6.07, 6.45) is 7.55. The normalized spacial score (nSPS) is 9.69. The van der Waals surface area contributed by atoms with Crippen molar-refractivity contribution in [2.45, 2.75) is 19.3 Å². The van der Waals surface area contributed by atoms with Gasteiger partial charge in [-0.15, -0.1) is 6.42 Å². The molecule has 1 rings (SSSR count). The Morgan fingerprint density at radius 1 is 1.31 bits per heavy atom. The fraction of sp³-hybridized carbons (Fsp3) is 0.357. The van der Waals surface area contributed by atoms with Gasteiger partial charge in [0, 0.05) is 6.42 Å². The number of nitrogens with one attached hydrogen (secondary N) is 1. The molecule has 0 unspecified atom stereocenters. The number of aryl methyl sites for hydroxylation is 1. The number of hydrogen-bond donors (Lipinski definition) is 1. The number of carbonyl (C=O) groups excluding carboxylic acids is 1. The van der Waals surface area contributed by atoms with E-state index in [0.717, 1.165) is 12.8 Å². The van der Waals surface area contributed by atoms with Crippen LogP contribution in [-0.4, -0.2) is 18.9 Å². The highest BCUT2D eigenvalue weighted by molar-refractivity contribution is 5.80. The number of rotatable bonds is 7. The lowest BCUT2D eigenvalue weighted by Gasteiger charge is -2.02. The molecule has 0 aliphatic rings. The maximum absolute atomic E-state index is 11.4. The van der Waals surface area contributed by atoms with Crippen LogP contribution in [0.4, 0.5) is 0 Å². The second-order valence-electron chi connectivity index (χ2n) is 3.69. The Kier molecular flexibility index (Phi) is 5.98. The smallest absolute Gasteiger partial charge is 0.146 e. The summed E-state index contributed by atoms with van der Waals surface area (Å²) in [7, 11) is 0. The quantitative estimate of drug-likeness (QED) is 0.555. The minimum Gasteiger partial charge on any atom is -0.299 e. The first-order valence-electron chi connectivity index (χ1n) is 5.52. The van der Waals surface area contributed by atoms with E-state index in [1.807, 2.05) is 18.2 Å². The van der Waals surface area contributed by atoms with Gasteiger partial charge in [0.25, 0.3) is 0 Å². The first-order chi connectivity index (χ1) is 7.83. The molecule has 0 saturated heterocycles. The summed E-state index contributed by atoms with van der Waals surface area (Å²) in [5.74, 6) is 2.67. The molecule has 0 saturated carbocycles. The summed E-state index contributed by atoms with van der Waals surface area (Å²) in [6, 6.07) is 10.2. The Labute approximate surface area is 97.1 Å². The zero-order valence-electron chi connectivity index (χ0n) is 9.41. The van der Waals surface area contributed by atoms with Crippen LogP contribution < -0.4 is 5.32 Å². The summed E-state index contributed by atoms with van der Waals surface area (Å²) in [5.41, 5.74) is 1.28. The van der Waals surface area contributed by atoms with Crippen LogP contribution >= 0.6 is 0 Å². The molecule has 0 aliphatic carbocycles. The van der Waals surface area contributed by atoms with E-state index in [1.165, 1.54) is 5.56 Å². The Balaban J connectivity index is 2.12. The number of hydrogen-bond acceptors (Lipinski definition) is 2. The van der Waals surface area contributed by atoms with Crippen LogP contribution in [-0.2, 0) is 11.2 Å². The van der Waals surface area contributed by atoms with Crippen molar-refractivity contribution < 1.29 is 4.79 Å². The maximum atomic E-state index is 11.4. The van der Waals surface area contributed by atoms with Crippen LogP contribution in [0.3, 0.4) is 0 Å². The van der Waals surface area contributed by atoms with Gasteiger partial charge in [0.15, 0.2) is 0 Å². The van der Waals surface area contributed by atoms with E-state index in [0.29, 0.717) is 19.5 Å². The van der Waals surface area contributed by atoms with E-state index in [4.69, 9.17) is 6.42 Å². The molecule has 16 heavy (non-hydrogen) atoms. The van der Waals surface area contributed by atoms with Gasteiger partial charge in [-0.05, 0) is 18.4 Å². The van der Waals surface area contributed by atoms with E-state index < -0.39 is 0 Å². The third-order valence-electron chi connectivity index (χ3n) is 2.31. The van der Waals surface area contributed by atoms with Crippen molar-refractivity contribution in [1.29, 1.82) is 0 Å². The SMILES string of the molecule is C#CCNCC(=O)CCCc1ccccc1. The van der Waals surface area contributed by atoms with Crippen LogP contribution in [0, 0.1) is 12.3 Å². The van der Waals surface area contributed by atoms with Gasteiger partial charge >= 0.3 is 0 Å². The standard InChI is InChI=1S/C14H17NO/c1-2-11-15-12-14(16)10-6-9-13-7-4-3-5-8-13/h1,3-5,7-8,15H,6,9-12H2. The molecule has 0 aromatic heterocycles. The maximum Gasteiger partial charge on any atom is 0.146 e. The van der Waals surface area contributed by atoms with Gasteiger partial charge in [-0.25, -0.2) is 0 Å². The molecule has 0 radical (unpaired) electrons. The van der Waals surface area contributed by atoms with Gasteiger partial charge in [0.05, 0.1) is 13.1 Å². The number of terminal acetylenes is 1. The second kappa shape index (κ2) is 7.67. The molecule has 1 N–H and O–H groups in total. The molecule has 0 heterocycles.